The highest BCUT2D eigenvalue weighted by Crippen LogP contribution is 2.16. The number of aliphatic hydroxyl groups is 1. The standard InChI is InChI=1S/C12H17F2NO3S/c1-2-9(5-6-16)8-15-19(17,18)12-4-3-10(13)7-11(12)14/h3-4,7,9,15-16H,2,5-6,8H2,1H3. The molecule has 108 valence electrons. The van der Waals surface area contributed by atoms with Crippen LogP contribution in [0.15, 0.2) is 23.1 Å². The Balaban J connectivity index is 2.81. The summed E-state index contributed by atoms with van der Waals surface area (Å²) < 4.78 is 52.1. The van der Waals surface area contributed by atoms with Crippen LogP contribution in [-0.4, -0.2) is 26.7 Å². The van der Waals surface area contributed by atoms with Crippen LogP contribution >= 0.6 is 0 Å². The number of halogens is 2. The van der Waals surface area contributed by atoms with Crippen molar-refractivity contribution in [1.29, 1.82) is 0 Å². The van der Waals surface area contributed by atoms with Crippen LogP contribution in [0.25, 0.3) is 0 Å². The first-order valence-corrected chi connectivity index (χ1v) is 7.44. The van der Waals surface area contributed by atoms with Crippen molar-refractivity contribution in [2.45, 2.75) is 24.7 Å². The second-order valence-electron chi connectivity index (χ2n) is 4.21. The van der Waals surface area contributed by atoms with Gasteiger partial charge in [0.25, 0.3) is 0 Å². The zero-order chi connectivity index (χ0) is 14.5. The molecule has 0 saturated heterocycles. The highest BCUT2D eigenvalue weighted by atomic mass is 32.2. The summed E-state index contributed by atoms with van der Waals surface area (Å²) in [6, 6.07) is 2.31. The third-order valence-electron chi connectivity index (χ3n) is 2.86. The van der Waals surface area contributed by atoms with Gasteiger partial charge in [-0.3, -0.25) is 0 Å². The first-order chi connectivity index (χ1) is 8.90. The Morgan fingerprint density at radius 3 is 2.58 bits per heavy atom. The first-order valence-electron chi connectivity index (χ1n) is 5.96. The predicted octanol–water partition coefficient (Wildman–Crippen LogP) is 1.65. The van der Waals surface area contributed by atoms with Crippen LogP contribution in [0.1, 0.15) is 19.8 Å². The molecule has 0 spiro atoms. The summed E-state index contributed by atoms with van der Waals surface area (Å²) in [5.74, 6) is -1.98. The molecule has 0 aliphatic rings. The van der Waals surface area contributed by atoms with Gasteiger partial charge in [-0.1, -0.05) is 13.3 Å². The number of benzene rings is 1. The summed E-state index contributed by atoms with van der Waals surface area (Å²) in [6.07, 6.45) is 1.15. The molecular weight excluding hydrogens is 276 g/mol. The first kappa shape index (κ1) is 16.0. The molecule has 0 aromatic heterocycles. The van der Waals surface area contributed by atoms with Crippen molar-refractivity contribution in [3.63, 3.8) is 0 Å². The third kappa shape index (κ3) is 4.52. The van der Waals surface area contributed by atoms with E-state index in [4.69, 9.17) is 5.11 Å². The van der Waals surface area contributed by atoms with E-state index in [1.165, 1.54) is 0 Å². The van der Waals surface area contributed by atoms with Crippen LogP contribution in [0.3, 0.4) is 0 Å². The van der Waals surface area contributed by atoms with Crippen molar-refractivity contribution in [3.8, 4) is 0 Å². The molecule has 1 aromatic rings. The number of aliphatic hydroxyl groups excluding tert-OH is 1. The summed E-state index contributed by atoms with van der Waals surface area (Å²) in [7, 11) is -4.00. The van der Waals surface area contributed by atoms with Crippen molar-refractivity contribution in [1.82, 2.24) is 4.72 Å². The fraction of sp³-hybridized carbons (Fsp3) is 0.500. The van der Waals surface area contributed by atoms with E-state index in [9.17, 15) is 17.2 Å². The van der Waals surface area contributed by atoms with Crippen LogP contribution in [-0.2, 0) is 10.0 Å². The smallest absolute Gasteiger partial charge is 0.243 e. The number of hydrogen-bond donors (Lipinski definition) is 2. The van der Waals surface area contributed by atoms with E-state index in [2.05, 4.69) is 4.72 Å². The van der Waals surface area contributed by atoms with Crippen molar-refractivity contribution in [2.24, 2.45) is 5.92 Å². The number of nitrogens with one attached hydrogen (secondary N) is 1. The SMILES string of the molecule is CCC(CCO)CNS(=O)(=O)c1ccc(F)cc1F. The van der Waals surface area contributed by atoms with Crippen molar-refractivity contribution >= 4 is 10.0 Å². The molecule has 2 N–H and O–H groups in total. The Labute approximate surface area is 111 Å². The topological polar surface area (TPSA) is 66.4 Å². The molecule has 0 aliphatic carbocycles. The van der Waals surface area contributed by atoms with E-state index in [-0.39, 0.29) is 19.1 Å². The molecule has 0 fully saturated rings. The molecule has 1 rings (SSSR count). The summed E-state index contributed by atoms with van der Waals surface area (Å²) in [4.78, 5) is -0.576. The predicted molar refractivity (Wildman–Crippen MR) is 67.0 cm³/mol. The molecule has 0 radical (unpaired) electrons. The molecule has 7 heteroatoms. The fourth-order valence-corrected chi connectivity index (χ4v) is 2.81. The maximum Gasteiger partial charge on any atom is 0.243 e. The van der Waals surface area contributed by atoms with Gasteiger partial charge in [0, 0.05) is 19.2 Å². The highest BCUT2D eigenvalue weighted by Gasteiger charge is 2.20. The monoisotopic (exact) mass is 293 g/mol. The lowest BCUT2D eigenvalue weighted by Crippen LogP contribution is -2.30. The van der Waals surface area contributed by atoms with Crippen LogP contribution in [0.4, 0.5) is 8.78 Å². The van der Waals surface area contributed by atoms with Crippen LogP contribution in [0, 0.1) is 17.6 Å². The molecule has 0 bridgehead atoms. The van der Waals surface area contributed by atoms with E-state index in [1.807, 2.05) is 6.92 Å². The Kier molecular flexibility index (Phi) is 5.84. The molecular formula is C12H17F2NO3S. The normalized spacial score (nSPS) is 13.5. The molecule has 0 amide bonds. The van der Waals surface area contributed by atoms with Crippen molar-refractivity contribution < 1.29 is 22.3 Å². The number of rotatable bonds is 7. The minimum absolute atomic E-state index is 0.0247. The minimum atomic E-state index is -4.00. The summed E-state index contributed by atoms with van der Waals surface area (Å²) in [6.45, 7) is 1.94. The largest absolute Gasteiger partial charge is 0.396 e. The molecule has 4 nitrogen and oxygen atoms in total. The molecule has 1 atom stereocenters. The van der Waals surface area contributed by atoms with Crippen LogP contribution in [0.2, 0.25) is 0 Å². The van der Waals surface area contributed by atoms with Crippen LogP contribution < -0.4 is 4.72 Å². The van der Waals surface area contributed by atoms with E-state index < -0.39 is 26.6 Å². The number of hydrogen-bond acceptors (Lipinski definition) is 3. The second kappa shape index (κ2) is 6.93. The molecule has 19 heavy (non-hydrogen) atoms. The van der Waals surface area contributed by atoms with E-state index in [0.29, 0.717) is 18.9 Å². The maximum absolute atomic E-state index is 13.4. The van der Waals surface area contributed by atoms with Crippen LogP contribution in [0.5, 0.6) is 0 Å². The molecule has 0 aliphatic heterocycles. The molecule has 0 heterocycles. The van der Waals surface area contributed by atoms with Gasteiger partial charge < -0.3 is 5.11 Å². The minimum Gasteiger partial charge on any atom is -0.396 e. The Morgan fingerprint density at radius 1 is 1.37 bits per heavy atom. The van der Waals surface area contributed by atoms with E-state index in [1.54, 1.807) is 0 Å². The van der Waals surface area contributed by atoms with Crippen molar-refractivity contribution in [2.75, 3.05) is 13.2 Å². The lowest BCUT2D eigenvalue weighted by Gasteiger charge is -2.14. The Bertz CT molecular complexity index is 520. The summed E-state index contributed by atoms with van der Waals surface area (Å²) in [5.41, 5.74) is 0. The Hall–Kier alpha value is -1.05. The quantitative estimate of drug-likeness (QED) is 0.803. The highest BCUT2D eigenvalue weighted by molar-refractivity contribution is 7.89. The van der Waals surface area contributed by atoms with E-state index >= 15 is 0 Å². The van der Waals surface area contributed by atoms with E-state index in [0.717, 1.165) is 12.1 Å². The van der Waals surface area contributed by atoms with Gasteiger partial charge in [0.2, 0.25) is 10.0 Å². The van der Waals surface area contributed by atoms with Gasteiger partial charge in [-0.15, -0.1) is 0 Å². The summed E-state index contributed by atoms with van der Waals surface area (Å²) >= 11 is 0. The molecule has 0 saturated carbocycles. The summed E-state index contributed by atoms with van der Waals surface area (Å²) in [5, 5.41) is 8.81. The average molecular weight is 293 g/mol. The van der Waals surface area contributed by atoms with Gasteiger partial charge in [-0.05, 0) is 24.5 Å². The average Bonchev–Trinajstić information content (AvgIpc) is 2.34. The van der Waals surface area contributed by atoms with Gasteiger partial charge in [0.1, 0.15) is 16.5 Å². The maximum atomic E-state index is 13.4. The fourth-order valence-electron chi connectivity index (χ4n) is 1.63. The van der Waals surface area contributed by atoms with Crippen molar-refractivity contribution in [3.05, 3.63) is 29.8 Å². The van der Waals surface area contributed by atoms with Gasteiger partial charge in [0.15, 0.2) is 0 Å². The van der Waals surface area contributed by atoms with Gasteiger partial charge in [-0.25, -0.2) is 21.9 Å². The van der Waals surface area contributed by atoms with Gasteiger partial charge in [0.05, 0.1) is 0 Å². The zero-order valence-corrected chi connectivity index (χ0v) is 11.4. The van der Waals surface area contributed by atoms with Gasteiger partial charge in [-0.2, -0.15) is 0 Å². The third-order valence-corrected chi connectivity index (χ3v) is 4.32. The number of sulfonamides is 1. The lowest BCUT2D eigenvalue weighted by atomic mass is 10.0. The molecule has 1 unspecified atom stereocenters. The molecule has 1 aromatic carbocycles. The lowest BCUT2D eigenvalue weighted by molar-refractivity contribution is 0.254. The van der Waals surface area contributed by atoms with Gasteiger partial charge >= 0.3 is 0 Å². The Morgan fingerprint density at radius 2 is 2.05 bits per heavy atom. The second-order valence-corrected chi connectivity index (χ2v) is 5.95. The zero-order valence-electron chi connectivity index (χ0n) is 10.6.